The summed E-state index contributed by atoms with van der Waals surface area (Å²) >= 11 is 3.46. The molecule has 1 aliphatic heterocycles. The van der Waals surface area contributed by atoms with Crippen molar-refractivity contribution in [3.8, 4) is 5.75 Å². The largest absolute Gasteiger partial charge is 0.488 e. The molecule has 2 aromatic rings. The van der Waals surface area contributed by atoms with Crippen LogP contribution in [0.1, 0.15) is 22.3 Å². The van der Waals surface area contributed by atoms with Gasteiger partial charge in [-0.1, -0.05) is 40.2 Å². The minimum Gasteiger partial charge on any atom is -0.488 e. The maximum atomic E-state index is 12.8. The molecule has 0 atom stereocenters. The third-order valence-electron chi connectivity index (χ3n) is 4.03. The van der Waals surface area contributed by atoms with Crippen molar-refractivity contribution in [2.45, 2.75) is 13.0 Å². The summed E-state index contributed by atoms with van der Waals surface area (Å²) in [6, 6.07) is 15.5. The molecule has 24 heavy (non-hydrogen) atoms. The number of nitrogens with one attached hydrogen (secondary N) is 1. The van der Waals surface area contributed by atoms with Gasteiger partial charge < -0.3 is 15.0 Å². The number of hydrogen-bond donors (Lipinski definition) is 1. The number of para-hydroxylation sites is 1. The van der Waals surface area contributed by atoms with Gasteiger partial charge in [0.25, 0.3) is 5.91 Å². The molecule has 0 aliphatic carbocycles. The van der Waals surface area contributed by atoms with E-state index < -0.39 is 0 Å². The van der Waals surface area contributed by atoms with E-state index in [2.05, 4.69) is 21.2 Å². The van der Waals surface area contributed by atoms with E-state index >= 15 is 0 Å². The molecule has 1 fully saturated rings. The highest BCUT2D eigenvalue weighted by Gasteiger charge is 2.20. The average molecular weight is 389 g/mol. The second kappa shape index (κ2) is 8.31. The molecule has 126 valence electrons. The Morgan fingerprint density at radius 3 is 2.88 bits per heavy atom. The minimum atomic E-state index is 0.0449. The maximum absolute atomic E-state index is 12.8. The lowest BCUT2D eigenvalue weighted by Crippen LogP contribution is -2.34. The van der Waals surface area contributed by atoms with Crippen LogP contribution in [0.4, 0.5) is 0 Å². The summed E-state index contributed by atoms with van der Waals surface area (Å²) in [6.07, 6.45) is 0.979. The standard InChI is InChI=1S/C19H21BrN2O2/c20-16-6-3-5-15(13-16)14-24-18-8-2-1-7-17(18)19(23)22-11-4-9-21-10-12-22/h1-3,5-8,13,21H,4,9-12,14H2. The number of rotatable bonds is 4. The van der Waals surface area contributed by atoms with Gasteiger partial charge in [-0.15, -0.1) is 0 Å². The van der Waals surface area contributed by atoms with E-state index in [0.717, 1.165) is 42.6 Å². The van der Waals surface area contributed by atoms with Crippen molar-refractivity contribution in [1.29, 1.82) is 0 Å². The molecule has 0 radical (unpaired) electrons. The Bertz CT molecular complexity index is 697. The van der Waals surface area contributed by atoms with Crippen LogP contribution in [0.5, 0.6) is 5.75 Å². The topological polar surface area (TPSA) is 41.6 Å². The van der Waals surface area contributed by atoms with Gasteiger partial charge in [0.05, 0.1) is 5.56 Å². The van der Waals surface area contributed by atoms with Crippen LogP contribution in [0, 0.1) is 0 Å². The van der Waals surface area contributed by atoms with Crippen LogP contribution in [0.15, 0.2) is 53.0 Å². The number of carbonyl (C=O) groups is 1. The van der Waals surface area contributed by atoms with Gasteiger partial charge in [-0.05, 0) is 42.8 Å². The molecule has 1 saturated heterocycles. The van der Waals surface area contributed by atoms with Crippen LogP contribution >= 0.6 is 15.9 Å². The molecule has 5 heteroatoms. The van der Waals surface area contributed by atoms with Crippen LogP contribution in [0.2, 0.25) is 0 Å². The van der Waals surface area contributed by atoms with Gasteiger partial charge in [0.15, 0.2) is 0 Å². The van der Waals surface area contributed by atoms with Crippen molar-refractivity contribution >= 4 is 21.8 Å². The zero-order valence-corrected chi connectivity index (χ0v) is 15.1. The average Bonchev–Trinajstić information content (AvgIpc) is 2.89. The fourth-order valence-corrected chi connectivity index (χ4v) is 3.22. The Morgan fingerprint density at radius 2 is 2.00 bits per heavy atom. The van der Waals surface area contributed by atoms with Crippen molar-refractivity contribution in [1.82, 2.24) is 10.2 Å². The zero-order chi connectivity index (χ0) is 16.8. The van der Waals surface area contributed by atoms with E-state index in [4.69, 9.17) is 4.74 Å². The first-order chi connectivity index (χ1) is 11.7. The number of carbonyl (C=O) groups excluding carboxylic acids is 1. The van der Waals surface area contributed by atoms with Crippen molar-refractivity contribution in [2.24, 2.45) is 0 Å². The highest BCUT2D eigenvalue weighted by atomic mass is 79.9. The van der Waals surface area contributed by atoms with Crippen molar-refractivity contribution < 1.29 is 9.53 Å². The number of amides is 1. The summed E-state index contributed by atoms with van der Waals surface area (Å²) in [6.45, 7) is 3.76. The van der Waals surface area contributed by atoms with Gasteiger partial charge >= 0.3 is 0 Å². The lowest BCUT2D eigenvalue weighted by molar-refractivity contribution is 0.0761. The van der Waals surface area contributed by atoms with Crippen molar-refractivity contribution in [3.63, 3.8) is 0 Å². The molecule has 2 aromatic carbocycles. The fraction of sp³-hybridized carbons (Fsp3) is 0.316. The van der Waals surface area contributed by atoms with Gasteiger partial charge in [-0.25, -0.2) is 0 Å². The predicted octanol–water partition coefficient (Wildman–Crippen LogP) is 3.46. The number of halogens is 1. The van der Waals surface area contributed by atoms with E-state index in [9.17, 15) is 4.79 Å². The molecule has 1 aliphatic rings. The smallest absolute Gasteiger partial charge is 0.257 e. The van der Waals surface area contributed by atoms with Crippen molar-refractivity contribution in [3.05, 3.63) is 64.1 Å². The second-order valence-corrected chi connectivity index (χ2v) is 6.73. The number of ether oxygens (including phenoxy) is 1. The molecule has 0 saturated carbocycles. The third-order valence-corrected chi connectivity index (χ3v) is 4.52. The van der Waals surface area contributed by atoms with Gasteiger partial charge in [0.2, 0.25) is 0 Å². The molecule has 1 N–H and O–H groups in total. The Labute approximate surface area is 150 Å². The molecule has 0 spiro atoms. The summed E-state index contributed by atoms with van der Waals surface area (Å²) in [7, 11) is 0. The van der Waals surface area contributed by atoms with E-state index in [1.54, 1.807) is 0 Å². The molecular formula is C19H21BrN2O2. The first kappa shape index (κ1) is 17.0. The monoisotopic (exact) mass is 388 g/mol. The van der Waals surface area contributed by atoms with Gasteiger partial charge in [-0.2, -0.15) is 0 Å². The summed E-state index contributed by atoms with van der Waals surface area (Å²) in [4.78, 5) is 14.8. The second-order valence-electron chi connectivity index (χ2n) is 5.81. The Hall–Kier alpha value is -1.85. The molecule has 3 rings (SSSR count). The van der Waals surface area contributed by atoms with Crippen LogP contribution in [0.25, 0.3) is 0 Å². The molecule has 4 nitrogen and oxygen atoms in total. The van der Waals surface area contributed by atoms with E-state index in [0.29, 0.717) is 17.9 Å². The van der Waals surface area contributed by atoms with Crippen molar-refractivity contribution in [2.75, 3.05) is 26.2 Å². The normalized spacial score (nSPS) is 15.0. The quantitative estimate of drug-likeness (QED) is 0.871. The predicted molar refractivity (Wildman–Crippen MR) is 98.3 cm³/mol. The molecule has 0 unspecified atom stereocenters. The highest BCUT2D eigenvalue weighted by Crippen LogP contribution is 2.22. The SMILES string of the molecule is O=C(c1ccccc1OCc1cccc(Br)c1)N1CCCNCC1. The highest BCUT2D eigenvalue weighted by molar-refractivity contribution is 9.10. The summed E-state index contributed by atoms with van der Waals surface area (Å²) in [5.74, 6) is 0.684. The molecule has 1 heterocycles. The minimum absolute atomic E-state index is 0.0449. The summed E-state index contributed by atoms with van der Waals surface area (Å²) in [5.41, 5.74) is 1.69. The maximum Gasteiger partial charge on any atom is 0.257 e. The van der Waals surface area contributed by atoms with Crippen LogP contribution in [0.3, 0.4) is 0 Å². The summed E-state index contributed by atoms with van der Waals surface area (Å²) < 4.78 is 6.96. The van der Waals surface area contributed by atoms with Gasteiger partial charge in [0.1, 0.15) is 12.4 Å². The van der Waals surface area contributed by atoms with E-state index in [-0.39, 0.29) is 5.91 Å². The lowest BCUT2D eigenvalue weighted by atomic mass is 10.1. The van der Waals surface area contributed by atoms with E-state index in [1.807, 2.05) is 53.4 Å². The summed E-state index contributed by atoms with van der Waals surface area (Å²) in [5, 5.41) is 3.32. The van der Waals surface area contributed by atoms with E-state index in [1.165, 1.54) is 0 Å². The molecule has 0 bridgehead atoms. The molecular weight excluding hydrogens is 368 g/mol. The Morgan fingerprint density at radius 1 is 1.12 bits per heavy atom. The zero-order valence-electron chi connectivity index (χ0n) is 13.5. The Balaban J connectivity index is 1.73. The Kier molecular flexibility index (Phi) is 5.88. The lowest BCUT2D eigenvalue weighted by Gasteiger charge is -2.21. The molecule has 0 aromatic heterocycles. The first-order valence-corrected chi connectivity index (χ1v) is 8.99. The first-order valence-electron chi connectivity index (χ1n) is 8.20. The van der Waals surface area contributed by atoms with Gasteiger partial charge in [0, 0.05) is 24.1 Å². The number of benzene rings is 2. The molecule has 1 amide bonds. The fourth-order valence-electron chi connectivity index (χ4n) is 2.78. The number of hydrogen-bond acceptors (Lipinski definition) is 3. The third kappa shape index (κ3) is 4.36. The van der Waals surface area contributed by atoms with Gasteiger partial charge in [-0.3, -0.25) is 4.79 Å². The van der Waals surface area contributed by atoms with Crippen LogP contribution < -0.4 is 10.1 Å². The van der Waals surface area contributed by atoms with Crippen LogP contribution in [-0.4, -0.2) is 37.0 Å². The van der Waals surface area contributed by atoms with Crippen LogP contribution in [-0.2, 0) is 6.61 Å². The number of nitrogens with zero attached hydrogens (tertiary/aromatic N) is 1.